The molecule has 1 unspecified atom stereocenters. The number of nitrogens with zero attached hydrogens (tertiary/aromatic N) is 1. The summed E-state index contributed by atoms with van der Waals surface area (Å²) in [6, 6.07) is 50.5. The number of rotatable bonds is 5. The first-order valence-electron chi connectivity index (χ1n) is 16.5. The molecule has 2 aliphatic carbocycles. The Balaban J connectivity index is 1.21. The first-order valence-corrected chi connectivity index (χ1v) is 16.5. The summed E-state index contributed by atoms with van der Waals surface area (Å²) in [5.41, 5.74) is 14.4. The molecule has 1 aromatic heterocycles. The molecule has 0 spiro atoms. The van der Waals surface area contributed by atoms with Crippen LogP contribution in [0.5, 0.6) is 0 Å². The van der Waals surface area contributed by atoms with Crippen LogP contribution in [0.3, 0.4) is 0 Å². The van der Waals surface area contributed by atoms with Gasteiger partial charge in [0.1, 0.15) is 11.2 Å². The topological polar surface area (TPSA) is 16.4 Å². The zero-order valence-electron chi connectivity index (χ0n) is 26.7. The van der Waals surface area contributed by atoms with Crippen LogP contribution in [0.25, 0.3) is 49.8 Å². The third-order valence-electron chi connectivity index (χ3n) is 10.2. The lowest BCUT2D eigenvalue weighted by molar-refractivity contribution is 0.647. The monoisotopic (exact) mass is 605 g/mol. The third-order valence-corrected chi connectivity index (χ3v) is 10.2. The van der Waals surface area contributed by atoms with E-state index in [1.54, 1.807) is 0 Å². The van der Waals surface area contributed by atoms with Crippen LogP contribution < -0.4 is 4.90 Å². The second-order valence-corrected chi connectivity index (χ2v) is 13.3. The highest BCUT2D eigenvalue weighted by Crippen LogP contribution is 2.51. The highest BCUT2D eigenvalue weighted by molar-refractivity contribution is 6.14. The van der Waals surface area contributed by atoms with Crippen LogP contribution in [0.4, 0.5) is 11.4 Å². The Morgan fingerprint density at radius 3 is 2.06 bits per heavy atom. The highest BCUT2D eigenvalue weighted by Gasteiger charge is 2.36. The van der Waals surface area contributed by atoms with Gasteiger partial charge in [0.2, 0.25) is 0 Å². The lowest BCUT2D eigenvalue weighted by Gasteiger charge is -2.34. The van der Waals surface area contributed by atoms with Gasteiger partial charge in [-0.25, -0.2) is 0 Å². The standard InChI is InChI=1S/C45H35NO/c1-45(2)39-17-10-9-16-36(39)37-28-38-43(29-40(37)45)47-42-19-11-18-41(44(38)42)46(34-24-20-32(21-25-34)30-12-5-3-6-13-30)35-26-22-33(23-27-35)31-14-7-4-8-15-31/h3-26,28-29,35H,27H2,1-2H3. The molecule has 1 heterocycles. The quantitative estimate of drug-likeness (QED) is 0.194. The fourth-order valence-electron chi connectivity index (χ4n) is 7.80. The Kier molecular flexibility index (Phi) is 6.33. The zero-order valence-corrected chi connectivity index (χ0v) is 26.7. The van der Waals surface area contributed by atoms with E-state index in [0.717, 1.165) is 39.7 Å². The Labute approximate surface area is 275 Å². The molecule has 9 rings (SSSR count). The van der Waals surface area contributed by atoms with Crippen molar-refractivity contribution in [3.8, 4) is 22.3 Å². The Hall–Kier alpha value is -5.60. The van der Waals surface area contributed by atoms with Crippen molar-refractivity contribution in [2.24, 2.45) is 0 Å². The lowest BCUT2D eigenvalue weighted by atomic mass is 9.82. The van der Waals surface area contributed by atoms with Gasteiger partial charge in [-0.15, -0.1) is 0 Å². The van der Waals surface area contributed by atoms with E-state index in [4.69, 9.17) is 4.42 Å². The summed E-state index contributed by atoms with van der Waals surface area (Å²) in [5.74, 6) is 0. The van der Waals surface area contributed by atoms with Crippen molar-refractivity contribution in [2.75, 3.05) is 4.90 Å². The lowest BCUT2D eigenvalue weighted by Crippen LogP contribution is -2.30. The SMILES string of the molecule is CC1(C)c2ccccc2-c2cc3c(cc21)oc1cccc(N(c2ccc(-c4ccccc4)cc2)C2C=CC(c4ccccc4)=CC2)c13. The number of allylic oxidation sites excluding steroid dienone is 2. The Morgan fingerprint density at radius 1 is 0.617 bits per heavy atom. The molecule has 2 nitrogen and oxygen atoms in total. The maximum absolute atomic E-state index is 6.68. The minimum atomic E-state index is -0.0792. The van der Waals surface area contributed by atoms with E-state index in [1.807, 2.05) is 0 Å². The summed E-state index contributed by atoms with van der Waals surface area (Å²) < 4.78 is 6.68. The van der Waals surface area contributed by atoms with Crippen LogP contribution in [0.2, 0.25) is 0 Å². The van der Waals surface area contributed by atoms with Gasteiger partial charge in [-0.1, -0.05) is 135 Å². The van der Waals surface area contributed by atoms with Gasteiger partial charge in [0.25, 0.3) is 0 Å². The predicted octanol–water partition coefficient (Wildman–Crippen LogP) is 12.1. The third kappa shape index (κ3) is 4.47. The van der Waals surface area contributed by atoms with E-state index in [0.29, 0.717) is 0 Å². The molecule has 1 atom stereocenters. The molecule has 0 aliphatic heterocycles. The van der Waals surface area contributed by atoms with Crippen LogP contribution >= 0.6 is 0 Å². The molecule has 0 saturated heterocycles. The van der Waals surface area contributed by atoms with E-state index >= 15 is 0 Å². The van der Waals surface area contributed by atoms with Gasteiger partial charge >= 0.3 is 0 Å². The first kappa shape index (κ1) is 27.7. The summed E-state index contributed by atoms with van der Waals surface area (Å²) in [4.78, 5) is 2.51. The van der Waals surface area contributed by atoms with E-state index in [1.165, 1.54) is 44.5 Å². The van der Waals surface area contributed by atoms with Gasteiger partial charge in [0, 0.05) is 16.5 Å². The molecule has 6 aromatic carbocycles. The van der Waals surface area contributed by atoms with Crippen LogP contribution in [0.15, 0.2) is 162 Å². The number of benzene rings is 6. The molecular weight excluding hydrogens is 571 g/mol. The van der Waals surface area contributed by atoms with Gasteiger partial charge in [0.05, 0.1) is 17.1 Å². The van der Waals surface area contributed by atoms with Gasteiger partial charge < -0.3 is 9.32 Å². The maximum Gasteiger partial charge on any atom is 0.137 e. The van der Waals surface area contributed by atoms with Crippen molar-refractivity contribution >= 4 is 38.9 Å². The fourth-order valence-corrected chi connectivity index (χ4v) is 7.80. The van der Waals surface area contributed by atoms with E-state index < -0.39 is 0 Å². The largest absolute Gasteiger partial charge is 0.456 e. The summed E-state index contributed by atoms with van der Waals surface area (Å²) in [7, 11) is 0. The average Bonchev–Trinajstić information content (AvgIpc) is 3.61. The van der Waals surface area contributed by atoms with E-state index in [2.05, 4.69) is 177 Å². The fraction of sp³-hybridized carbons (Fsp3) is 0.111. The number of anilines is 2. The van der Waals surface area contributed by atoms with Crippen LogP contribution in [-0.4, -0.2) is 6.04 Å². The minimum absolute atomic E-state index is 0.0792. The van der Waals surface area contributed by atoms with Gasteiger partial charge in [-0.05, 0) is 87.3 Å². The molecule has 47 heavy (non-hydrogen) atoms. The number of fused-ring (bicyclic) bond motifs is 6. The highest BCUT2D eigenvalue weighted by atomic mass is 16.3. The molecule has 7 aromatic rings. The molecule has 226 valence electrons. The van der Waals surface area contributed by atoms with E-state index in [-0.39, 0.29) is 11.5 Å². The molecular formula is C45H35NO. The number of furan rings is 1. The zero-order chi connectivity index (χ0) is 31.5. The Morgan fingerprint density at radius 2 is 1.32 bits per heavy atom. The second kappa shape index (κ2) is 10.7. The molecule has 2 heteroatoms. The molecule has 0 bridgehead atoms. The summed E-state index contributed by atoms with van der Waals surface area (Å²) in [6.45, 7) is 4.65. The molecule has 0 N–H and O–H groups in total. The van der Waals surface area contributed by atoms with Crippen molar-refractivity contribution < 1.29 is 4.42 Å². The maximum atomic E-state index is 6.68. The first-order chi connectivity index (χ1) is 23.1. The van der Waals surface area contributed by atoms with E-state index in [9.17, 15) is 0 Å². The number of hydrogen-bond acceptors (Lipinski definition) is 2. The Bertz CT molecular complexity index is 2340. The molecule has 0 saturated carbocycles. The summed E-state index contributed by atoms with van der Waals surface area (Å²) in [5, 5.41) is 2.32. The van der Waals surface area contributed by atoms with Gasteiger partial charge in [-0.2, -0.15) is 0 Å². The van der Waals surface area contributed by atoms with Crippen molar-refractivity contribution in [2.45, 2.75) is 31.7 Å². The summed E-state index contributed by atoms with van der Waals surface area (Å²) in [6.07, 6.45) is 7.93. The van der Waals surface area contributed by atoms with Gasteiger partial charge in [0.15, 0.2) is 0 Å². The molecule has 0 amide bonds. The molecule has 0 fully saturated rings. The van der Waals surface area contributed by atoms with Crippen molar-refractivity contribution in [1.29, 1.82) is 0 Å². The molecule has 0 radical (unpaired) electrons. The predicted molar refractivity (Wildman–Crippen MR) is 197 cm³/mol. The second-order valence-electron chi connectivity index (χ2n) is 13.3. The smallest absolute Gasteiger partial charge is 0.137 e. The summed E-state index contributed by atoms with van der Waals surface area (Å²) >= 11 is 0. The number of hydrogen-bond donors (Lipinski definition) is 0. The van der Waals surface area contributed by atoms with Crippen LogP contribution in [0, 0.1) is 0 Å². The minimum Gasteiger partial charge on any atom is -0.456 e. The average molecular weight is 606 g/mol. The van der Waals surface area contributed by atoms with Crippen LogP contribution in [-0.2, 0) is 5.41 Å². The van der Waals surface area contributed by atoms with Crippen molar-refractivity contribution in [1.82, 2.24) is 0 Å². The van der Waals surface area contributed by atoms with Crippen molar-refractivity contribution in [3.63, 3.8) is 0 Å². The van der Waals surface area contributed by atoms with Crippen LogP contribution in [0.1, 0.15) is 37.0 Å². The molecule has 2 aliphatic rings. The van der Waals surface area contributed by atoms with Gasteiger partial charge in [-0.3, -0.25) is 0 Å². The normalized spacial score (nSPS) is 16.2. The van der Waals surface area contributed by atoms with Crippen molar-refractivity contribution in [3.05, 3.63) is 174 Å².